The van der Waals surface area contributed by atoms with E-state index in [1.807, 2.05) is 6.20 Å². The number of hydrogen-bond acceptors (Lipinski definition) is 6. The number of aryl methyl sites for hydroxylation is 2. The van der Waals surface area contributed by atoms with Gasteiger partial charge >= 0.3 is 0 Å². The SMILES string of the molecule is Cc1cncnc1N1CC2CN(Cc3cncn(C)c3=O)CC2C1. The third kappa shape index (κ3) is 2.69. The molecule has 0 spiro atoms. The summed E-state index contributed by atoms with van der Waals surface area (Å²) in [6.45, 7) is 6.88. The van der Waals surface area contributed by atoms with Gasteiger partial charge in [-0.25, -0.2) is 15.0 Å². The Kier molecular flexibility index (Phi) is 3.80. The second-order valence-electron chi connectivity index (χ2n) is 6.98. The van der Waals surface area contributed by atoms with Crippen LogP contribution in [0.4, 0.5) is 5.82 Å². The highest BCUT2D eigenvalue weighted by Gasteiger charge is 2.40. The zero-order chi connectivity index (χ0) is 16.7. The Morgan fingerprint density at radius 1 is 1.12 bits per heavy atom. The molecular formula is C17H22N6O. The first kappa shape index (κ1) is 15.3. The Morgan fingerprint density at radius 3 is 2.58 bits per heavy atom. The molecule has 24 heavy (non-hydrogen) atoms. The lowest BCUT2D eigenvalue weighted by Crippen LogP contribution is -2.32. The van der Waals surface area contributed by atoms with Crippen molar-refractivity contribution in [1.82, 2.24) is 24.4 Å². The molecule has 2 aromatic heterocycles. The maximum Gasteiger partial charge on any atom is 0.257 e. The van der Waals surface area contributed by atoms with Crippen LogP contribution in [0.25, 0.3) is 0 Å². The second-order valence-corrected chi connectivity index (χ2v) is 6.98. The summed E-state index contributed by atoms with van der Waals surface area (Å²) >= 11 is 0. The minimum atomic E-state index is 0.0558. The Balaban J connectivity index is 1.42. The molecular weight excluding hydrogens is 304 g/mol. The lowest BCUT2D eigenvalue weighted by molar-refractivity contribution is 0.306. The average Bonchev–Trinajstić information content (AvgIpc) is 3.10. The molecule has 4 rings (SSSR count). The third-order valence-corrected chi connectivity index (χ3v) is 5.19. The normalized spacial score (nSPS) is 23.7. The molecule has 0 aromatic carbocycles. The zero-order valence-electron chi connectivity index (χ0n) is 14.1. The van der Waals surface area contributed by atoms with Gasteiger partial charge in [0.15, 0.2) is 0 Å². The molecule has 7 nitrogen and oxygen atoms in total. The number of hydrogen-bond donors (Lipinski definition) is 0. The molecule has 4 heterocycles. The van der Waals surface area contributed by atoms with Crippen LogP contribution in [0.15, 0.2) is 29.8 Å². The maximum absolute atomic E-state index is 12.2. The molecule has 2 aliphatic rings. The first-order valence-corrected chi connectivity index (χ1v) is 8.35. The van der Waals surface area contributed by atoms with Gasteiger partial charge in [0.2, 0.25) is 0 Å². The number of nitrogens with zero attached hydrogens (tertiary/aromatic N) is 6. The van der Waals surface area contributed by atoms with E-state index in [0.29, 0.717) is 18.4 Å². The largest absolute Gasteiger partial charge is 0.356 e. The van der Waals surface area contributed by atoms with Crippen LogP contribution in [0.5, 0.6) is 0 Å². The van der Waals surface area contributed by atoms with Crippen molar-refractivity contribution in [2.75, 3.05) is 31.1 Å². The maximum atomic E-state index is 12.2. The van der Waals surface area contributed by atoms with Crippen LogP contribution in [-0.2, 0) is 13.6 Å². The number of anilines is 1. The van der Waals surface area contributed by atoms with E-state index in [4.69, 9.17) is 0 Å². The van der Waals surface area contributed by atoms with E-state index in [1.54, 1.807) is 30.5 Å². The summed E-state index contributed by atoms with van der Waals surface area (Å²) in [6, 6.07) is 0. The highest BCUT2D eigenvalue weighted by Crippen LogP contribution is 2.34. The van der Waals surface area contributed by atoms with Crippen molar-refractivity contribution in [3.8, 4) is 0 Å². The molecule has 0 radical (unpaired) electrons. The van der Waals surface area contributed by atoms with E-state index >= 15 is 0 Å². The summed E-state index contributed by atoms with van der Waals surface area (Å²) in [5, 5.41) is 0. The standard InChI is InChI=1S/C17H22N6O/c1-12-3-18-10-20-16(12)23-8-14-6-22(7-15(14)9-23)5-13-4-19-11-21(2)17(13)24/h3-4,10-11,14-15H,5-9H2,1-2H3. The van der Waals surface area contributed by atoms with Crippen molar-refractivity contribution in [2.24, 2.45) is 18.9 Å². The van der Waals surface area contributed by atoms with Gasteiger partial charge in [-0.15, -0.1) is 0 Å². The third-order valence-electron chi connectivity index (χ3n) is 5.19. The van der Waals surface area contributed by atoms with Crippen LogP contribution in [0, 0.1) is 18.8 Å². The topological polar surface area (TPSA) is 67.2 Å². The van der Waals surface area contributed by atoms with Gasteiger partial charge in [0.1, 0.15) is 12.1 Å². The Bertz CT molecular complexity index is 790. The van der Waals surface area contributed by atoms with Gasteiger partial charge in [0.25, 0.3) is 5.56 Å². The summed E-state index contributed by atoms with van der Waals surface area (Å²) < 4.78 is 1.55. The zero-order valence-corrected chi connectivity index (χ0v) is 14.1. The van der Waals surface area contributed by atoms with Crippen molar-refractivity contribution >= 4 is 5.82 Å². The lowest BCUT2D eigenvalue weighted by Gasteiger charge is -2.23. The Hall–Kier alpha value is -2.28. The summed E-state index contributed by atoms with van der Waals surface area (Å²) in [4.78, 5) is 29.6. The van der Waals surface area contributed by atoms with Crippen molar-refractivity contribution < 1.29 is 0 Å². The molecule has 2 unspecified atom stereocenters. The predicted molar refractivity (Wildman–Crippen MR) is 90.7 cm³/mol. The van der Waals surface area contributed by atoms with Gasteiger partial charge < -0.3 is 9.47 Å². The van der Waals surface area contributed by atoms with Crippen LogP contribution >= 0.6 is 0 Å². The monoisotopic (exact) mass is 326 g/mol. The van der Waals surface area contributed by atoms with Crippen molar-refractivity contribution in [3.63, 3.8) is 0 Å². The molecule has 0 bridgehead atoms. The molecule has 2 fully saturated rings. The average molecular weight is 326 g/mol. The van der Waals surface area contributed by atoms with Crippen LogP contribution in [0.1, 0.15) is 11.1 Å². The molecule has 0 aliphatic carbocycles. The molecule has 126 valence electrons. The van der Waals surface area contributed by atoms with Crippen molar-refractivity contribution in [2.45, 2.75) is 13.5 Å². The summed E-state index contributed by atoms with van der Waals surface area (Å²) in [5.41, 5.74) is 1.97. The Morgan fingerprint density at radius 2 is 1.88 bits per heavy atom. The van der Waals surface area contributed by atoms with Gasteiger partial charge in [-0.2, -0.15) is 0 Å². The predicted octanol–water partition coefficient (Wildman–Crippen LogP) is 0.447. The molecule has 2 aromatic rings. The molecule has 7 heteroatoms. The smallest absolute Gasteiger partial charge is 0.257 e. The van der Waals surface area contributed by atoms with Crippen LogP contribution in [0.3, 0.4) is 0 Å². The highest BCUT2D eigenvalue weighted by atomic mass is 16.1. The van der Waals surface area contributed by atoms with E-state index in [0.717, 1.165) is 43.1 Å². The van der Waals surface area contributed by atoms with Crippen molar-refractivity contribution in [3.05, 3.63) is 46.5 Å². The minimum Gasteiger partial charge on any atom is -0.356 e. The fourth-order valence-corrected chi connectivity index (χ4v) is 4.02. The lowest BCUT2D eigenvalue weighted by atomic mass is 10.0. The van der Waals surface area contributed by atoms with Crippen molar-refractivity contribution in [1.29, 1.82) is 0 Å². The number of likely N-dealkylation sites (tertiary alicyclic amines) is 1. The highest BCUT2D eigenvalue weighted by molar-refractivity contribution is 5.46. The van der Waals surface area contributed by atoms with Crippen LogP contribution < -0.4 is 10.5 Å². The summed E-state index contributed by atoms with van der Waals surface area (Å²) in [7, 11) is 1.75. The molecule has 0 N–H and O–H groups in total. The first-order valence-electron chi connectivity index (χ1n) is 8.35. The molecule has 0 saturated carbocycles. The molecule has 2 aliphatic heterocycles. The van der Waals surface area contributed by atoms with Gasteiger partial charge in [-0.05, 0) is 18.8 Å². The molecule has 2 atom stereocenters. The number of fused-ring (bicyclic) bond motifs is 1. The van der Waals surface area contributed by atoms with E-state index < -0.39 is 0 Å². The van der Waals surface area contributed by atoms with Gasteiger partial charge in [-0.1, -0.05) is 0 Å². The van der Waals surface area contributed by atoms with Gasteiger partial charge in [-0.3, -0.25) is 9.69 Å². The summed E-state index contributed by atoms with van der Waals surface area (Å²) in [6.07, 6.45) is 6.77. The minimum absolute atomic E-state index is 0.0558. The fourth-order valence-electron chi connectivity index (χ4n) is 4.02. The van der Waals surface area contributed by atoms with E-state index in [1.165, 1.54) is 0 Å². The summed E-state index contributed by atoms with van der Waals surface area (Å²) in [5.74, 6) is 2.34. The van der Waals surface area contributed by atoms with E-state index in [9.17, 15) is 4.79 Å². The van der Waals surface area contributed by atoms with Gasteiger partial charge in [0.05, 0.1) is 6.33 Å². The number of rotatable bonds is 3. The Labute approximate surface area is 141 Å². The van der Waals surface area contributed by atoms with E-state index in [-0.39, 0.29) is 5.56 Å². The molecule has 0 amide bonds. The second kappa shape index (κ2) is 5.98. The molecule has 2 saturated heterocycles. The van der Waals surface area contributed by atoms with Crippen LogP contribution in [-0.4, -0.2) is 50.6 Å². The van der Waals surface area contributed by atoms with E-state index in [2.05, 4.69) is 31.7 Å². The fraction of sp³-hybridized carbons (Fsp3) is 0.529. The number of aromatic nitrogens is 4. The van der Waals surface area contributed by atoms with Crippen LogP contribution in [0.2, 0.25) is 0 Å². The van der Waals surface area contributed by atoms with Gasteiger partial charge in [0, 0.05) is 63.3 Å². The quantitative estimate of drug-likeness (QED) is 0.816. The first-order chi connectivity index (χ1) is 11.6.